The van der Waals surface area contributed by atoms with Gasteiger partial charge in [0.2, 0.25) is 0 Å². The van der Waals surface area contributed by atoms with Gasteiger partial charge in [0.15, 0.2) is 5.69 Å². The van der Waals surface area contributed by atoms with E-state index in [9.17, 15) is 4.79 Å². The van der Waals surface area contributed by atoms with Crippen LogP contribution in [0.2, 0.25) is 0 Å². The van der Waals surface area contributed by atoms with E-state index in [1.165, 1.54) is 26.1 Å². The molecule has 2 aliphatic rings. The van der Waals surface area contributed by atoms with Gasteiger partial charge in [-0.3, -0.25) is 0 Å². The average molecular weight is 247 g/mol. The third kappa shape index (κ3) is 1.83. The van der Waals surface area contributed by atoms with E-state index in [2.05, 4.69) is 26.5 Å². The highest BCUT2D eigenvalue weighted by molar-refractivity contribution is 5.86. The molecule has 1 aliphatic carbocycles. The van der Waals surface area contributed by atoms with Crippen LogP contribution < -0.4 is 4.90 Å². The summed E-state index contributed by atoms with van der Waals surface area (Å²) in [5.74, 6) is 1.20. The topological polar surface area (TPSA) is 55.3 Å². The first kappa shape index (κ1) is 11.4. The average Bonchev–Trinajstić information content (AvgIpc) is 3.06. The Morgan fingerprint density at radius 2 is 2.11 bits per heavy atom. The molecule has 1 aliphatic heterocycles. The quantitative estimate of drug-likeness (QED) is 0.758. The van der Waals surface area contributed by atoms with Crippen LogP contribution in [0.15, 0.2) is 12.4 Å². The molecule has 2 heterocycles. The van der Waals surface area contributed by atoms with Gasteiger partial charge in [-0.2, -0.15) is 0 Å². The van der Waals surface area contributed by atoms with Crippen molar-refractivity contribution in [1.29, 1.82) is 0 Å². The second kappa shape index (κ2) is 3.93. The smallest absolute Gasteiger partial charge is 0.358 e. The van der Waals surface area contributed by atoms with Gasteiger partial charge in [-0.25, -0.2) is 14.8 Å². The normalized spacial score (nSPS) is 21.3. The predicted octanol–water partition coefficient (Wildman–Crippen LogP) is 1.50. The van der Waals surface area contributed by atoms with E-state index in [0.29, 0.717) is 5.41 Å². The van der Waals surface area contributed by atoms with Crippen molar-refractivity contribution in [3.05, 3.63) is 18.1 Å². The molecule has 0 bridgehead atoms. The molecule has 5 heteroatoms. The van der Waals surface area contributed by atoms with Gasteiger partial charge in [0.05, 0.1) is 19.5 Å². The highest BCUT2D eigenvalue weighted by Gasteiger charge is 2.49. The molecule has 96 valence electrons. The van der Waals surface area contributed by atoms with Crippen molar-refractivity contribution < 1.29 is 9.53 Å². The van der Waals surface area contributed by atoms with Crippen LogP contribution in [-0.4, -0.2) is 36.1 Å². The Bertz CT molecular complexity index is 462. The van der Waals surface area contributed by atoms with E-state index in [1.807, 2.05) is 0 Å². The molecule has 1 saturated heterocycles. The lowest BCUT2D eigenvalue weighted by Gasteiger charge is -2.43. The number of rotatable bonds is 3. The lowest BCUT2D eigenvalue weighted by molar-refractivity contribution is 0.0593. The Balaban J connectivity index is 1.63. The summed E-state index contributed by atoms with van der Waals surface area (Å²) in [5.41, 5.74) is 0.836. The van der Waals surface area contributed by atoms with E-state index < -0.39 is 5.97 Å². The second-order valence-electron chi connectivity index (χ2n) is 5.51. The first-order valence-corrected chi connectivity index (χ1v) is 6.28. The van der Waals surface area contributed by atoms with Crippen LogP contribution in [0.25, 0.3) is 0 Å². The molecule has 1 aromatic rings. The van der Waals surface area contributed by atoms with Gasteiger partial charge >= 0.3 is 5.97 Å². The number of methoxy groups -OCH3 is 1. The molecule has 0 aromatic carbocycles. The van der Waals surface area contributed by atoms with Crippen molar-refractivity contribution in [2.24, 2.45) is 11.3 Å². The van der Waals surface area contributed by atoms with E-state index in [-0.39, 0.29) is 5.69 Å². The Hall–Kier alpha value is -1.65. The molecule has 5 nitrogen and oxygen atoms in total. The number of aromatic nitrogens is 2. The predicted molar refractivity (Wildman–Crippen MR) is 66.4 cm³/mol. The number of hydrogen-bond acceptors (Lipinski definition) is 5. The number of carbonyl (C=O) groups is 1. The monoisotopic (exact) mass is 247 g/mol. The van der Waals surface area contributed by atoms with E-state index in [0.717, 1.165) is 24.8 Å². The summed E-state index contributed by atoms with van der Waals surface area (Å²) in [6, 6.07) is 0. The van der Waals surface area contributed by atoms with Crippen LogP contribution in [0.3, 0.4) is 0 Å². The van der Waals surface area contributed by atoms with Crippen LogP contribution in [0, 0.1) is 11.3 Å². The van der Waals surface area contributed by atoms with Gasteiger partial charge in [0.1, 0.15) is 5.82 Å². The summed E-state index contributed by atoms with van der Waals surface area (Å²) < 4.78 is 4.59. The van der Waals surface area contributed by atoms with Gasteiger partial charge in [-0.15, -0.1) is 0 Å². The van der Waals surface area contributed by atoms with Gasteiger partial charge in [0.25, 0.3) is 0 Å². The van der Waals surface area contributed by atoms with Crippen molar-refractivity contribution in [3.8, 4) is 0 Å². The van der Waals surface area contributed by atoms with E-state index in [1.54, 1.807) is 6.20 Å². The number of anilines is 1. The van der Waals surface area contributed by atoms with Crippen molar-refractivity contribution >= 4 is 11.8 Å². The molecule has 0 amide bonds. The molecule has 18 heavy (non-hydrogen) atoms. The highest BCUT2D eigenvalue weighted by Crippen LogP contribution is 2.54. The fraction of sp³-hybridized carbons (Fsp3) is 0.615. The number of carbonyl (C=O) groups excluding carboxylic acids is 1. The summed E-state index contributed by atoms with van der Waals surface area (Å²) in [4.78, 5) is 21.8. The van der Waals surface area contributed by atoms with Crippen LogP contribution in [0.5, 0.6) is 0 Å². The molecule has 3 rings (SSSR count). The zero-order valence-corrected chi connectivity index (χ0v) is 10.7. The largest absolute Gasteiger partial charge is 0.464 e. The fourth-order valence-electron chi connectivity index (χ4n) is 2.41. The minimum atomic E-state index is -0.443. The van der Waals surface area contributed by atoms with Crippen LogP contribution in [-0.2, 0) is 4.74 Å². The number of esters is 1. The Kier molecular flexibility index (Phi) is 2.50. The van der Waals surface area contributed by atoms with E-state index >= 15 is 0 Å². The second-order valence-corrected chi connectivity index (χ2v) is 5.51. The summed E-state index contributed by atoms with van der Waals surface area (Å²) >= 11 is 0. The fourth-order valence-corrected chi connectivity index (χ4v) is 2.41. The number of nitrogens with zero attached hydrogens (tertiary/aromatic N) is 3. The van der Waals surface area contributed by atoms with E-state index in [4.69, 9.17) is 0 Å². The first-order valence-electron chi connectivity index (χ1n) is 6.28. The summed E-state index contributed by atoms with van der Waals surface area (Å²) in [5, 5.41) is 0. The van der Waals surface area contributed by atoms with Gasteiger partial charge in [-0.1, -0.05) is 6.92 Å². The maximum atomic E-state index is 11.2. The molecule has 0 N–H and O–H groups in total. The maximum Gasteiger partial charge on any atom is 0.358 e. The van der Waals surface area contributed by atoms with Crippen LogP contribution >= 0.6 is 0 Å². The highest BCUT2D eigenvalue weighted by atomic mass is 16.5. The zero-order chi connectivity index (χ0) is 12.8. The number of ether oxygens (including phenoxy) is 1. The first-order chi connectivity index (χ1) is 8.62. The van der Waals surface area contributed by atoms with Crippen molar-refractivity contribution in [3.63, 3.8) is 0 Å². The third-order valence-corrected chi connectivity index (χ3v) is 4.26. The van der Waals surface area contributed by atoms with Gasteiger partial charge < -0.3 is 9.64 Å². The molecular formula is C13H17N3O2. The molecule has 1 saturated carbocycles. The zero-order valence-electron chi connectivity index (χ0n) is 10.7. The third-order valence-electron chi connectivity index (χ3n) is 4.26. The maximum absolute atomic E-state index is 11.2. The Morgan fingerprint density at radius 3 is 2.61 bits per heavy atom. The molecule has 2 fully saturated rings. The molecular weight excluding hydrogens is 230 g/mol. The molecule has 0 radical (unpaired) electrons. The Morgan fingerprint density at radius 1 is 1.39 bits per heavy atom. The van der Waals surface area contributed by atoms with Gasteiger partial charge in [-0.05, 0) is 24.2 Å². The standard InChI is InChI=1S/C13H17N3O2/c1-13(3-4-13)9-7-16(8-9)11-6-14-10(5-15-11)12(17)18-2/h5-6,9H,3-4,7-8H2,1-2H3. The molecule has 0 unspecified atom stereocenters. The summed E-state index contributed by atoms with van der Waals surface area (Å²) in [6.07, 6.45) is 5.85. The minimum absolute atomic E-state index is 0.257. The van der Waals surface area contributed by atoms with Crippen molar-refractivity contribution in [1.82, 2.24) is 9.97 Å². The van der Waals surface area contributed by atoms with Crippen LogP contribution in [0.1, 0.15) is 30.3 Å². The SMILES string of the molecule is COC(=O)c1cnc(N2CC(C3(C)CC3)C2)cn1. The molecule has 0 atom stereocenters. The van der Waals surface area contributed by atoms with Crippen molar-refractivity contribution in [2.45, 2.75) is 19.8 Å². The molecule has 1 aromatic heterocycles. The minimum Gasteiger partial charge on any atom is -0.464 e. The summed E-state index contributed by atoms with van der Waals surface area (Å²) in [7, 11) is 1.34. The molecule has 0 spiro atoms. The van der Waals surface area contributed by atoms with Gasteiger partial charge in [0, 0.05) is 13.1 Å². The lowest BCUT2D eigenvalue weighted by Crippen LogP contribution is -2.50. The van der Waals surface area contributed by atoms with Crippen molar-refractivity contribution in [2.75, 3.05) is 25.1 Å². The van der Waals surface area contributed by atoms with Crippen LogP contribution in [0.4, 0.5) is 5.82 Å². The Labute approximate surface area is 106 Å². The lowest BCUT2D eigenvalue weighted by atomic mass is 9.84. The number of hydrogen-bond donors (Lipinski definition) is 0. The summed E-state index contributed by atoms with van der Waals surface area (Å²) in [6.45, 7) is 4.48.